The number of rotatable bonds is 2. The van der Waals surface area contributed by atoms with Crippen molar-refractivity contribution >= 4 is 0 Å². The molecule has 1 nitrogen and oxygen atoms in total. The van der Waals surface area contributed by atoms with Gasteiger partial charge < -0.3 is 4.90 Å². The van der Waals surface area contributed by atoms with Gasteiger partial charge in [-0.2, -0.15) is 0 Å². The Morgan fingerprint density at radius 2 is 1.83 bits per heavy atom. The summed E-state index contributed by atoms with van der Waals surface area (Å²) in [5.74, 6) is 2.96. The first-order valence-corrected chi connectivity index (χ1v) is 5.48. The summed E-state index contributed by atoms with van der Waals surface area (Å²) < 4.78 is 0. The first-order valence-electron chi connectivity index (χ1n) is 5.48. The van der Waals surface area contributed by atoms with Crippen LogP contribution in [0.25, 0.3) is 0 Å². The van der Waals surface area contributed by atoms with Crippen LogP contribution in [0, 0.1) is 17.8 Å². The Kier molecular flexibility index (Phi) is 2.40. The first-order chi connectivity index (χ1) is 5.75. The molecule has 0 aromatic rings. The van der Waals surface area contributed by atoms with Gasteiger partial charge in [0.1, 0.15) is 0 Å². The van der Waals surface area contributed by atoms with Gasteiger partial charge in [0, 0.05) is 13.1 Å². The molecule has 0 radical (unpaired) electrons. The van der Waals surface area contributed by atoms with E-state index in [-0.39, 0.29) is 0 Å². The van der Waals surface area contributed by atoms with Gasteiger partial charge in [0.15, 0.2) is 0 Å². The summed E-state index contributed by atoms with van der Waals surface area (Å²) in [4.78, 5) is 2.68. The molecule has 0 N–H and O–H groups in total. The molecule has 2 rings (SSSR count). The fourth-order valence-electron chi connectivity index (χ4n) is 2.18. The summed E-state index contributed by atoms with van der Waals surface area (Å²) >= 11 is 0. The highest BCUT2D eigenvalue weighted by molar-refractivity contribution is 4.81. The first kappa shape index (κ1) is 8.55. The van der Waals surface area contributed by atoms with Gasteiger partial charge >= 0.3 is 0 Å². The van der Waals surface area contributed by atoms with Gasteiger partial charge in [-0.25, -0.2) is 0 Å². The Hall–Kier alpha value is -0.0400. The van der Waals surface area contributed by atoms with Crippen molar-refractivity contribution in [2.24, 2.45) is 17.8 Å². The van der Waals surface area contributed by atoms with Crippen LogP contribution in [0.2, 0.25) is 0 Å². The highest BCUT2D eigenvalue weighted by Gasteiger charge is 2.28. The minimum absolute atomic E-state index is 0.928. The average molecular weight is 167 g/mol. The van der Waals surface area contributed by atoms with Crippen LogP contribution in [-0.4, -0.2) is 24.5 Å². The molecule has 1 heterocycles. The van der Waals surface area contributed by atoms with Gasteiger partial charge in [-0.1, -0.05) is 13.8 Å². The largest absolute Gasteiger partial charge is 0.303 e. The van der Waals surface area contributed by atoms with E-state index in [1.807, 2.05) is 0 Å². The molecular formula is C11H21N. The fourth-order valence-corrected chi connectivity index (χ4v) is 2.18. The maximum atomic E-state index is 2.68. The lowest BCUT2D eigenvalue weighted by Crippen LogP contribution is -2.39. The Bertz CT molecular complexity index is 151. The van der Waals surface area contributed by atoms with Crippen molar-refractivity contribution in [3.63, 3.8) is 0 Å². The van der Waals surface area contributed by atoms with Gasteiger partial charge in [-0.15, -0.1) is 0 Å². The van der Waals surface area contributed by atoms with Crippen LogP contribution in [0.4, 0.5) is 0 Å². The zero-order chi connectivity index (χ0) is 8.55. The summed E-state index contributed by atoms with van der Waals surface area (Å²) in [6.07, 6.45) is 4.43. The molecule has 1 aliphatic carbocycles. The van der Waals surface area contributed by atoms with E-state index < -0.39 is 0 Å². The molecule has 0 unspecified atom stereocenters. The normalized spacial score (nSPS) is 38.5. The van der Waals surface area contributed by atoms with Crippen molar-refractivity contribution in [3.05, 3.63) is 0 Å². The van der Waals surface area contributed by atoms with Crippen LogP contribution in [-0.2, 0) is 0 Å². The predicted octanol–water partition coefficient (Wildman–Crippen LogP) is 2.37. The second-order valence-electron chi connectivity index (χ2n) is 4.95. The average Bonchev–Trinajstić information content (AvgIpc) is 2.81. The van der Waals surface area contributed by atoms with Crippen LogP contribution in [0.5, 0.6) is 0 Å². The molecule has 1 saturated carbocycles. The van der Waals surface area contributed by atoms with Gasteiger partial charge in [0.25, 0.3) is 0 Å². The number of hydrogen-bond donors (Lipinski definition) is 0. The van der Waals surface area contributed by atoms with Gasteiger partial charge in [-0.3, -0.25) is 0 Å². The monoisotopic (exact) mass is 167 g/mol. The second kappa shape index (κ2) is 3.37. The molecule has 1 aliphatic heterocycles. The molecule has 2 fully saturated rings. The number of likely N-dealkylation sites (tertiary alicyclic amines) is 1. The maximum Gasteiger partial charge on any atom is 0.000978 e. The zero-order valence-electron chi connectivity index (χ0n) is 8.42. The van der Waals surface area contributed by atoms with E-state index in [4.69, 9.17) is 0 Å². The van der Waals surface area contributed by atoms with Gasteiger partial charge in [-0.05, 0) is 43.6 Å². The van der Waals surface area contributed by atoms with E-state index in [1.54, 1.807) is 0 Å². The van der Waals surface area contributed by atoms with Crippen molar-refractivity contribution in [2.45, 2.75) is 33.1 Å². The highest BCUT2D eigenvalue weighted by atomic mass is 15.1. The minimum Gasteiger partial charge on any atom is -0.303 e. The molecule has 0 aromatic carbocycles. The van der Waals surface area contributed by atoms with E-state index in [2.05, 4.69) is 18.7 Å². The highest BCUT2D eigenvalue weighted by Crippen LogP contribution is 2.32. The van der Waals surface area contributed by atoms with Crippen molar-refractivity contribution in [2.75, 3.05) is 19.6 Å². The summed E-state index contributed by atoms with van der Waals surface area (Å²) in [5, 5.41) is 0. The number of hydrogen-bond acceptors (Lipinski definition) is 1. The third kappa shape index (κ3) is 2.01. The molecule has 0 aromatic heterocycles. The third-order valence-electron chi connectivity index (χ3n) is 3.63. The predicted molar refractivity (Wildman–Crippen MR) is 52.1 cm³/mol. The lowest BCUT2D eigenvalue weighted by molar-refractivity contribution is 0.134. The Balaban J connectivity index is 1.76. The van der Waals surface area contributed by atoms with Crippen molar-refractivity contribution < 1.29 is 0 Å². The number of piperidine rings is 1. The fraction of sp³-hybridized carbons (Fsp3) is 1.00. The van der Waals surface area contributed by atoms with Crippen molar-refractivity contribution in [1.82, 2.24) is 4.90 Å². The molecule has 1 saturated heterocycles. The van der Waals surface area contributed by atoms with Gasteiger partial charge in [0.2, 0.25) is 0 Å². The summed E-state index contributed by atoms with van der Waals surface area (Å²) in [5.41, 5.74) is 0. The molecule has 2 aliphatic rings. The quantitative estimate of drug-likeness (QED) is 0.610. The summed E-state index contributed by atoms with van der Waals surface area (Å²) in [6, 6.07) is 0. The number of nitrogens with zero attached hydrogens (tertiary/aromatic N) is 1. The van der Waals surface area contributed by atoms with E-state index in [0.29, 0.717) is 0 Å². The Labute approximate surface area is 76.1 Å². The van der Waals surface area contributed by atoms with E-state index in [1.165, 1.54) is 38.9 Å². The Morgan fingerprint density at radius 3 is 2.42 bits per heavy atom. The zero-order valence-corrected chi connectivity index (χ0v) is 8.42. The van der Waals surface area contributed by atoms with Gasteiger partial charge in [0.05, 0.1) is 0 Å². The Morgan fingerprint density at radius 1 is 1.08 bits per heavy atom. The molecule has 0 spiro atoms. The van der Waals surface area contributed by atoms with E-state index in [0.717, 1.165) is 17.8 Å². The molecule has 2 atom stereocenters. The van der Waals surface area contributed by atoms with Crippen LogP contribution in [0.1, 0.15) is 33.1 Å². The molecule has 0 bridgehead atoms. The van der Waals surface area contributed by atoms with E-state index in [9.17, 15) is 0 Å². The van der Waals surface area contributed by atoms with Crippen LogP contribution in [0.15, 0.2) is 0 Å². The van der Waals surface area contributed by atoms with Crippen LogP contribution in [0.3, 0.4) is 0 Å². The van der Waals surface area contributed by atoms with Crippen molar-refractivity contribution in [3.8, 4) is 0 Å². The van der Waals surface area contributed by atoms with Crippen LogP contribution < -0.4 is 0 Å². The minimum atomic E-state index is 0.928. The molecular weight excluding hydrogens is 146 g/mol. The van der Waals surface area contributed by atoms with Crippen molar-refractivity contribution in [1.29, 1.82) is 0 Å². The van der Waals surface area contributed by atoms with Crippen LogP contribution >= 0.6 is 0 Å². The van der Waals surface area contributed by atoms with E-state index >= 15 is 0 Å². The smallest absolute Gasteiger partial charge is 0.000978 e. The molecule has 12 heavy (non-hydrogen) atoms. The molecule has 70 valence electrons. The lowest BCUT2D eigenvalue weighted by Gasteiger charge is -2.35. The second-order valence-corrected chi connectivity index (χ2v) is 4.95. The lowest BCUT2D eigenvalue weighted by atomic mass is 9.88. The summed E-state index contributed by atoms with van der Waals surface area (Å²) in [6.45, 7) is 8.93. The topological polar surface area (TPSA) is 3.24 Å². The SMILES string of the molecule is C[C@H]1CCN(CC2CC2)C[C@@H]1C. The molecule has 0 amide bonds. The third-order valence-corrected chi connectivity index (χ3v) is 3.63. The summed E-state index contributed by atoms with van der Waals surface area (Å²) in [7, 11) is 0. The molecule has 1 heteroatoms. The maximum absolute atomic E-state index is 2.68. The standard InChI is InChI=1S/C11H21N/c1-9-5-6-12(7-10(9)2)8-11-3-4-11/h9-11H,3-8H2,1-2H3/t9-,10-/m0/s1.